The lowest BCUT2D eigenvalue weighted by atomic mass is 10.2. The molecule has 2 aromatic carbocycles. The SMILES string of the molecule is CC(OC(=O)c1cnnn1-c1ccccc1)C(=O)Nc1ccc(C#N)cc1. The van der Waals surface area contributed by atoms with E-state index in [0.717, 1.165) is 0 Å². The number of esters is 1. The maximum absolute atomic E-state index is 12.4. The van der Waals surface area contributed by atoms with Crippen LogP contribution in [0.5, 0.6) is 0 Å². The second-order valence-corrected chi connectivity index (χ2v) is 5.59. The van der Waals surface area contributed by atoms with E-state index in [1.807, 2.05) is 12.1 Å². The minimum absolute atomic E-state index is 0.110. The molecule has 27 heavy (non-hydrogen) atoms. The largest absolute Gasteiger partial charge is 0.448 e. The molecule has 3 aromatic rings. The Hall–Kier alpha value is -3.99. The molecule has 3 rings (SSSR count). The summed E-state index contributed by atoms with van der Waals surface area (Å²) < 4.78 is 6.57. The van der Waals surface area contributed by atoms with Gasteiger partial charge in [-0.25, -0.2) is 9.48 Å². The highest BCUT2D eigenvalue weighted by Crippen LogP contribution is 2.13. The zero-order chi connectivity index (χ0) is 19.2. The lowest BCUT2D eigenvalue weighted by Crippen LogP contribution is -2.30. The van der Waals surface area contributed by atoms with Crippen molar-refractivity contribution in [3.8, 4) is 11.8 Å². The van der Waals surface area contributed by atoms with Crippen LogP contribution in [0, 0.1) is 11.3 Å². The van der Waals surface area contributed by atoms with Crippen molar-refractivity contribution < 1.29 is 14.3 Å². The lowest BCUT2D eigenvalue weighted by molar-refractivity contribution is -0.123. The van der Waals surface area contributed by atoms with Crippen LogP contribution in [-0.4, -0.2) is 33.0 Å². The Labute approximate surface area is 155 Å². The molecule has 1 atom stereocenters. The first-order valence-corrected chi connectivity index (χ1v) is 8.06. The maximum atomic E-state index is 12.4. The minimum Gasteiger partial charge on any atom is -0.448 e. The molecular weight excluding hydrogens is 346 g/mol. The molecule has 0 aliphatic carbocycles. The van der Waals surface area contributed by atoms with Crippen LogP contribution < -0.4 is 5.32 Å². The zero-order valence-corrected chi connectivity index (χ0v) is 14.4. The summed E-state index contributed by atoms with van der Waals surface area (Å²) in [6.07, 6.45) is 0.243. The smallest absolute Gasteiger partial charge is 0.359 e. The molecule has 134 valence electrons. The van der Waals surface area contributed by atoms with E-state index >= 15 is 0 Å². The van der Waals surface area contributed by atoms with Gasteiger partial charge in [0, 0.05) is 5.69 Å². The standard InChI is InChI=1S/C19H15N5O3/c1-13(18(25)22-15-9-7-14(11-20)8-10-15)27-19(26)17-12-21-23-24(17)16-5-3-2-4-6-16/h2-10,12-13H,1H3,(H,22,25). The Balaban J connectivity index is 1.66. The van der Waals surface area contributed by atoms with E-state index in [-0.39, 0.29) is 5.69 Å². The molecule has 0 saturated heterocycles. The third-order valence-electron chi connectivity index (χ3n) is 3.69. The van der Waals surface area contributed by atoms with E-state index in [2.05, 4.69) is 15.6 Å². The first-order chi connectivity index (χ1) is 13.1. The van der Waals surface area contributed by atoms with Gasteiger partial charge in [-0.15, -0.1) is 5.10 Å². The molecule has 1 N–H and O–H groups in total. The van der Waals surface area contributed by atoms with E-state index < -0.39 is 18.0 Å². The predicted octanol–water partition coefficient (Wildman–Crippen LogP) is 2.32. The normalized spacial score (nSPS) is 11.3. The third kappa shape index (κ3) is 4.16. The number of nitriles is 1. The van der Waals surface area contributed by atoms with Crippen LogP contribution in [-0.2, 0) is 9.53 Å². The van der Waals surface area contributed by atoms with Crippen LogP contribution in [0.3, 0.4) is 0 Å². The van der Waals surface area contributed by atoms with E-state index in [1.165, 1.54) is 17.8 Å². The summed E-state index contributed by atoms with van der Waals surface area (Å²) in [7, 11) is 0. The highest BCUT2D eigenvalue weighted by Gasteiger charge is 2.22. The number of aromatic nitrogens is 3. The number of rotatable bonds is 5. The molecular formula is C19H15N5O3. The lowest BCUT2D eigenvalue weighted by Gasteiger charge is -2.14. The average molecular weight is 361 g/mol. The van der Waals surface area contributed by atoms with Crippen molar-refractivity contribution in [3.63, 3.8) is 0 Å². The number of nitrogens with one attached hydrogen (secondary N) is 1. The van der Waals surface area contributed by atoms with Crippen molar-refractivity contribution in [2.45, 2.75) is 13.0 Å². The Morgan fingerprint density at radius 1 is 1.15 bits per heavy atom. The minimum atomic E-state index is -1.03. The first-order valence-electron chi connectivity index (χ1n) is 8.06. The Bertz CT molecular complexity index is 990. The summed E-state index contributed by atoms with van der Waals surface area (Å²) in [5.74, 6) is -1.21. The van der Waals surface area contributed by atoms with Crippen molar-refractivity contribution in [2.75, 3.05) is 5.32 Å². The molecule has 0 spiro atoms. The molecule has 8 nitrogen and oxygen atoms in total. The van der Waals surface area contributed by atoms with Crippen LogP contribution in [0.1, 0.15) is 23.0 Å². The highest BCUT2D eigenvalue weighted by molar-refractivity contribution is 5.96. The number of ether oxygens (including phenoxy) is 1. The third-order valence-corrected chi connectivity index (χ3v) is 3.69. The van der Waals surface area contributed by atoms with Gasteiger partial charge in [-0.05, 0) is 43.3 Å². The number of hydrogen-bond acceptors (Lipinski definition) is 6. The van der Waals surface area contributed by atoms with Crippen molar-refractivity contribution in [1.82, 2.24) is 15.0 Å². The summed E-state index contributed by atoms with van der Waals surface area (Å²) >= 11 is 0. The number of nitrogens with zero attached hydrogens (tertiary/aromatic N) is 4. The number of carbonyl (C=O) groups excluding carboxylic acids is 2. The maximum Gasteiger partial charge on any atom is 0.359 e. The molecule has 0 aliphatic heterocycles. The number of anilines is 1. The van der Waals surface area contributed by atoms with Gasteiger partial charge in [-0.3, -0.25) is 4.79 Å². The van der Waals surface area contributed by atoms with Gasteiger partial charge in [0.2, 0.25) is 0 Å². The van der Waals surface area contributed by atoms with E-state index in [9.17, 15) is 9.59 Å². The van der Waals surface area contributed by atoms with Gasteiger partial charge in [0.05, 0.1) is 23.5 Å². The Morgan fingerprint density at radius 2 is 1.85 bits per heavy atom. The molecule has 1 heterocycles. The molecule has 1 aromatic heterocycles. The monoisotopic (exact) mass is 361 g/mol. The molecule has 0 radical (unpaired) electrons. The van der Waals surface area contributed by atoms with Crippen LogP contribution >= 0.6 is 0 Å². The van der Waals surface area contributed by atoms with Gasteiger partial charge in [0.1, 0.15) is 0 Å². The molecule has 1 amide bonds. The number of hydrogen-bond donors (Lipinski definition) is 1. The number of amides is 1. The van der Waals surface area contributed by atoms with Crippen LogP contribution in [0.4, 0.5) is 5.69 Å². The fourth-order valence-electron chi connectivity index (χ4n) is 2.28. The van der Waals surface area contributed by atoms with Gasteiger partial charge >= 0.3 is 5.97 Å². The topological polar surface area (TPSA) is 110 Å². The van der Waals surface area contributed by atoms with Crippen LogP contribution in [0.15, 0.2) is 60.8 Å². The van der Waals surface area contributed by atoms with E-state index in [0.29, 0.717) is 16.9 Å². The molecule has 0 fully saturated rings. The van der Waals surface area contributed by atoms with Crippen molar-refractivity contribution in [1.29, 1.82) is 5.26 Å². The molecule has 1 unspecified atom stereocenters. The van der Waals surface area contributed by atoms with Gasteiger partial charge in [-0.2, -0.15) is 5.26 Å². The summed E-state index contributed by atoms with van der Waals surface area (Å²) in [6.45, 7) is 1.47. The second kappa shape index (κ2) is 7.93. The average Bonchev–Trinajstić information content (AvgIpc) is 3.19. The molecule has 0 bridgehead atoms. The fraction of sp³-hybridized carbons (Fsp3) is 0.105. The van der Waals surface area contributed by atoms with Crippen molar-refractivity contribution in [3.05, 3.63) is 72.1 Å². The number of carbonyl (C=O) groups is 2. The second-order valence-electron chi connectivity index (χ2n) is 5.59. The first kappa shape index (κ1) is 17.8. The molecule has 0 saturated carbocycles. The van der Waals surface area contributed by atoms with Crippen molar-refractivity contribution >= 4 is 17.6 Å². The summed E-state index contributed by atoms with van der Waals surface area (Å²) in [5, 5.41) is 19.0. The quantitative estimate of drug-likeness (QED) is 0.698. The fourth-order valence-corrected chi connectivity index (χ4v) is 2.28. The summed E-state index contributed by atoms with van der Waals surface area (Å²) in [5.41, 5.74) is 1.74. The van der Waals surface area contributed by atoms with Gasteiger partial charge in [0.15, 0.2) is 11.8 Å². The van der Waals surface area contributed by atoms with E-state index in [4.69, 9.17) is 10.00 Å². The van der Waals surface area contributed by atoms with Gasteiger partial charge in [-0.1, -0.05) is 23.4 Å². The molecule has 0 aliphatic rings. The zero-order valence-electron chi connectivity index (χ0n) is 14.4. The Morgan fingerprint density at radius 3 is 2.52 bits per heavy atom. The van der Waals surface area contributed by atoms with Gasteiger partial charge < -0.3 is 10.1 Å². The van der Waals surface area contributed by atoms with E-state index in [1.54, 1.807) is 48.5 Å². The number of para-hydroxylation sites is 1. The highest BCUT2D eigenvalue weighted by atomic mass is 16.5. The van der Waals surface area contributed by atoms with Crippen LogP contribution in [0.2, 0.25) is 0 Å². The summed E-state index contributed by atoms with van der Waals surface area (Å²) in [4.78, 5) is 24.6. The Kier molecular flexibility index (Phi) is 5.23. The number of benzene rings is 2. The van der Waals surface area contributed by atoms with Gasteiger partial charge in [0.25, 0.3) is 5.91 Å². The molecule has 8 heteroatoms. The summed E-state index contributed by atoms with van der Waals surface area (Å²) in [6, 6.07) is 17.3. The van der Waals surface area contributed by atoms with Crippen LogP contribution in [0.25, 0.3) is 5.69 Å². The predicted molar refractivity (Wildman–Crippen MR) is 96.0 cm³/mol. The van der Waals surface area contributed by atoms with Crippen molar-refractivity contribution in [2.24, 2.45) is 0 Å².